The Kier molecular flexibility index (Phi) is 5.34. The van der Waals surface area contributed by atoms with Crippen LogP contribution in [0, 0.1) is 5.92 Å². The smallest absolute Gasteiger partial charge is 0.0502 e. The summed E-state index contributed by atoms with van der Waals surface area (Å²) in [4.78, 5) is 0. The molecule has 0 spiro atoms. The van der Waals surface area contributed by atoms with Crippen molar-refractivity contribution in [3.63, 3.8) is 0 Å². The van der Waals surface area contributed by atoms with Gasteiger partial charge in [0.05, 0.1) is 6.61 Å². The molecule has 0 saturated heterocycles. The molecule has 0 heterocycles. The van der Waals surface area contributed by atoms with Gasteiger partial charge in [-0.05, 0) is 23.6 Å². The zero-order valence-electron chi connectivity index (χ0n) is 9.41. The molecule has 0 saturated carbocycles. The Morgan fingerprint density at radius 1 is 1.40 bits per heavy atom. The van der Waals surface area contributed by atoms with E-state index in [1.165, 1.54) is 12.0 Å². The van der Waals surface area contributed by atoms with Crippen molar-refractivity contribution in [2.75, 3.05) is 6.61 Å². The van der Waals surface area contributed by atoms with Crippen LogP contribution in [0.25, 0.3) is 0 Å². The third kappa shape index (κ3) is 3.62. The Balaban J connectivity index is 2.82. The molecule has 0 bridgehead atoms. The Labute approximate surface area is 101 Å². The first-order valence-corrected chi connectivity index (χ1v) is 6.34. The summed E-state index contributed by atoms with van der Waals surface area (Å²) < 4.78 is 1.09. The second-order valence-corrected chi connectivity index (χ2v) is 5.03. The lowest BCUT2D eigenvalue weighted by Crippen LogP contribution is -2.13. The van der Waals surface area contributed by atoms with E-state index >= 15 is 0 Å². The van der Waals surface area contributed by atoms with E-state index in [9.17, 15) is 5.11 Å². The maximum atomic E-state index is 9.45. The molecule has 0 aromatic heterocycles. The summed E-state index contributed by atoms with van der Waals surface area (Å²) in [5, 5.41) is 9.45. The molecular formula is C13H19BrO. The van der Waals surface area contributed by atoms with E-state index in [4.69, 9.17) is 0 Å². The minimum Gasteiger partial charge on any atom is -0.396 e. The fourth-order valence-electron chi connectivity index (χ4n) is 2.01. The summed E-state index contributed by atoms with van der Waals surface area (Å²) in [5.41, 5.74) is 1.23. The van der Waals surface area contributed by atoms with Crippen molar-refractivity contribution in [2.45, 2.75) is 32.6 Å². The molecule has 1 nitrogen and oxygen atoms in total. The predicted octanol–water partition coefficient (Wildman–Crippen LogP) is 3.96. The molecule has 2 atom stereocenters. The maximum Gasteiger partial charge on any atom is 0.0502 e. The summed E-state index contributed by atoms with van der Waals surface area (Å²) in [7, 11) is 0. The molecule has 2 heteroatoms. The van der Waals surface area contributed by atoms with Crippen molar-refractivity contribution in [1.82, 2.24) is 0 Å². The Morgan fingerprint density at radius 2 is 2.13 bits per heavy atom. The van der Waals surface area contributed by atoms with Gasteiger partial charge >= 0.3 is 0 Å². The van der Waals surface area contributed by atoms with Gasteiger partial charge in [0.1, 0.15) is 0 Å². The highest BCUT2D eigenvalue weighted by atomic mass is 79.9. The number of hydrogen-bond acceptors (Lipinski definition) is 1. The highest BCUT2D eigenvalue weighted by Crippen LogP contribution is 2.28. The van der Waals surface area contributed by atoms with Gasteiger partial charge in [-0.15, -0.1) is 0 Å². The Hall–Kier alpha value is -0.340. The van der Waals surface area contributed by atoms with Crippen LogP contribution in [0.4, 0.5) is 0 Å². The molecule has 0 radical (unpaired) electrons. The van der Waals surface area contributed by atoms with Crippen molar-refractivity contribution in [1.29, 1.82) is 0 Å². The monoisotopic (exact) mass is 270 g/mol. The number of aliphatic hydroxyl groups excluding tert-OH is 1. The van der Waals surface area contributed by atoms with Crippen LogP contribution in [0.3, 0.4) is 0 Å². The topological polar surface area (TPSA) is 20.2 Å². The largest absolute Gasteiger partial charge is 0.396 e. The molecule has 1 aromatic rings. The Bertz CT molecular complexity index is 298. The van der Waals surface area contributed by atoms with Crippen LogP contribution in [-0.4, -0.2) is 11.7 Å². The van der Waals surface area contributed by atoms with Gasteiger partial charge < -0.3 is 5.11 Å². The molecular weight excluding hydrogens is 252 g/mol. The predicted molar refractivity (Wildman–Crippen MR) is 68.0 cm³/mol. The summed E-state index contributed by atoms with van der Waals surface area (Å²) >= 11 is 3.47. The highest BCUT2D eigenvalue weighted by Gasteiger charge is 2.17. The second-order valence-electron chi connectivity index (χ2n) is 4.11. The first-order valence-electron chi connectivity index (χ1n) is 5.55. The number of rotatable bonds is 5. The minimum absolute atomic E-state index is 0.234. The number of hydrogen-bond donors (Lipinski definition) is 1. The van der Waals surface area contributed by atoms with E-state index in [1.54, 1.807) is 0 Å². The first-order chi connectivity index (χ1) is 7.19. The molecule has 0 fully saturated rings. The summed E-state index contributed by atoms with van der Waals surface area (Å²) in [6.45, 7) is 4.63. The number of aliphatic hydroxyl groups is 1. The van der Waals surface area contributed by atoms with Gasteiger partial charge in [-0.25, -0.2) is 0 Å². The molecule has 1 aromatic carbocycles. The van der Waals surface area contributed by atoms with Gasteiger partial charge in [0.2, 0.25) is 0 Å². The molecule has 0 amide bonds. The fourth-order valence-corrected chi connectivity index (χ4v) is 2.42. The molecule has 0 aliphatic rings. The van der Waals surface area contributed by atoms with E-state index in [1.807, 2.05) is 12.1 Å². The quantitative estimate of drug-likeness (QED) is 0.859. The van der Waals surface area contributed by atoms with Crippen molar-refractivity contribution in [3.8, 4) is 0 Å². The SMILES string of the molecule is CCCC(C)C(CO)c1cccc(Br)c1. The summed E-state index contributed by atoms with van der Waals surface area (Å²) in [6.07, 6.45) is 2.34. The number of benzene rings is 1. The maximum absolute atomic E-state index is 9.45. The van der Waals surface area contributed by atoms with Crippen LogP contribution in [0.5, 0.6) is 0 Å². The van der Waals surface area contributed by atoms with Gasteiger partial charge in [0.25, 0.3) is 0 Å². The normalized spacial score (nSPS) is 14.9. The molecule has 15 heavy (non-hydrogen) atoms. The van der Waals surface area contributed by atoms with Gasteiger partial charge in [-0.1, -0.05) is 54.8 Å². The zero-order valence-corrected chi connectivity index (χ0v) is 11.0. The van der Waals surface area contributed by atoms with Crippen molar-refractivity contribution < 1.29 is 5.11 Å². The molecule has 1 rings (SSSR count). The highest BCUT2D eigenvalue weighted by molar-refractivity contribution is 9.10. The van der Waals surface area contributed by atoms with E-state index in [0.717, 1.165) is 10.9 Å². The lowest BCUT2D eigenvalue weighted by atomic mass is 9.85. The van der Waals surface area contributed by atoms with Gasteiger partial charge in [0.15, 0.2) is 0 Å². The van der Waals surface area contributed by atoms with Crippen LogP contribution < -0.4 is 0 Å². The van der Waals surface area contributed by atoms with E-state index in [-0.39, 0.29) is 12.5 Å². The molecule has 84 valence electrons. The molecule has 1 N–H and O–H groups in total. The first kappa shape index (κ1) is 12.7. The van der Waals surface area contributed by atoms with Crippen molar-refractivity contribution in [2.24, 2.45) is 5.92 Å². The average Bonchev–Trinajstić information content (AvgIpc) is 2.19. The van der Waals surface area contributed by atoms with E-state index in [0.29, 0.717) is 5.92 Å². The number of halogens is 1. The summed E-state index contributed by atoms with van der Waals surface area (Å²) in [5.74, 6) is 0.803. The second kappa shape index (κ2) is 6.29. The fraction of sp³-hybridized carbons (Fsp3) is 0.538. The van der Waals surface area contributed by atoms with Crippen LogP contribution >= 0.6 is 15.9 Å². The van der Waals surface area contributed by atoms with Crippen molar-refractivity contribution in [3.05, 3.63) is 34.3 Å². The summed E-state index contributed by atoms with van der Waals surface area (Å²) in [6, 6.07) is 8.24. The lowest BCUT2D eigenvalue weighted by molar-refractivity contribution is 0.226. The molecule has 0 aliphatic heterocycles. The van der Waals surface area contributed by atoms with Crippen LogP contribution in [0.15, 0.2) is 28.7 Å². The minimum atomic E-state index is 0.234. The molecule has 2 unspecified atom stereocenters. The van der Waals surface area contributed by atoms with Crippen LogP contribution in [-0.2, 0) is 0 Å². The standard InChI is InChI=1S/C13H19BrO/c1-3-5-10(2)13(9-15)11-6-4-7-12(14)8-11/h4,6-8,10,13,15H,3,5,9H2,1-2H3. The zero-order chi connectivity index (χ0) is 11.3. The van der Waals surface area contributed by atoms with Gasteiger partial charge in [0, 0.05) is 10.4 Å². The Morgan fingerprint density at radius 3 is 2.67 bits per heavy atom. The average molecular weight is 271 g/mol. The third-order valence-electron chi connectivity index (χ3n) is 2.90. The van der Waals surface area contributed by atoms with Crippen LogP contribution in [0.2, 0.25) is 0 Å². The van der Waals surface area contributed by atoms with Crippen LogP contribution in [0.1, 0.15) is 38.2 Å². The van der Waals surface area contributed by atoms with E-state index < -0.39 is 0 Å². The van der Waals surface area contributed by atoms with Crippen molar-refractivity contribution >= 4 is 15.9 Å². The van der Waals surface area contributed by atoms with Gasteiger partial charge in [-0.2, -0.15) is 0 Å². The third-order valence-corrected chi connectivity index (χ3v) is 3.40. The lowest BCUT2D eigenvalue weighted by Gasteiger charge is -2.22. The molecule has 0 aliphatic carbocycles. The van der Waals surface area contributed by atoms with Gasteiger partial charge in [-0.3, -0.25) is 0 Å². The van der Waals surface area contributed by atoms with E-state index in [2.05, 4.69) is 41.9 Å².